The van der Waals surface area contributed by atoms with Crippen molar-refractivity contribution in [3.63, 3.8) is 0 Å². The maximum absolute atomic E-state index is 12.9. The van der Waals surface area contributed by atoms with E-state index in [1.54, 1.807) is 18.4 Å². The minimum Gasteiger partial charge on any atom is -0.383 e. The van der Waals surface area contributed by atoms with E-state index in [4.69, 9.17) is 4.74 Å². The second-order valence-electron chi connectivity index (χ2n) is 9.33. The molecule has 0 N–H and O–H groups in total. The lowest BCUT2D eigenvalue weighted by Crippen LogP contribution is -2.48. The molecule has 4 rings (SSSR count). The van der Waals surface area contributed by atoms with Gasteiger partial charge < -0.3 is 9.64 Å². The highest BCUT2D eigenvalue weighted by Crippen LogP contribution is 2.28. The van der Waals surface area contributed by atoms with Gasteiger partial charge in [-0.1, -0.05) is 36.4 Å². The highest BCUT2D eigenvalue weighted by Gasteiger charge is 2.32. The molecule has 3 heterocycles. The second kappa shape index (κ2) is 12.9. The number of likely N-dealkylation sites (tertiary alicyclic amines) is 1. The highest BCUT2D eigenvalue weighted by molar-refractivity contribution is 7.09. The van der Waals surface area contributed by atoms with Crippen LogP contribution in [-0.2, 0) is 28.9 Å². The van der Waals surface area contributed by atoms with E-state index in [1.165, 1.54) is 11.1 Å². The summed E-state index contributed by atoms with van der Waals surface area (Å²) in [6, 6.07) is 15.3. The quantitative estimate of drug-likeness (QED) is 0.397. The lowest BCUT2D eigenvalue weighted by Gasteiger charge is -2.41. The molecule has 0 saturated carbocycles. The Morgan fingerprint density at radius 3 is 2.60 bits per heavy atom. The molecule has 1 unspecified atom stereocenters. The third kappa shape index (κ3) is 7.43. The zero-order chi connectivity index (χ0) is 24.5. The monoisotopic (exact) mass is 492 g/mol. The number of ether oxygens (including phenoxy) is 1. The number of aromatic nitrogens is 2. The summed E-state index contributed by atoms with van der Waals surface area (Å²) >= 11 is 1.61. The fourth-order valence-electron chi connectivity index (χ4n) is 5.04. The third-order valence-corrected chi connectivity index (χ3v) is 7.71. The van der Waals surface area contributed by atoms with Gasteiger partial charge in [0.2, 0.25) is 5.91 Å². The molecule has 1 atom stereocenters. The maximum Gasteiger partial charge on any atom is 0.228 e. The summed E-state index contributed by atoms with van der Waals surface area (Å²) in [6.07, 6.45) is 7.20. The fourth-order valence-corrected chi connectivity index (χ4v) is 5.65. The average molecular weight is 493 g/mol. The van der Waals surface area contributed by atoms with E-state index < -0.39 is 0 Å². The van der Waals surface area contributed by atoms with Crippen molar-refractivity contribution in [3.8, 4) is 0 Å². The van der Waals surface area contributed by atoms with Crippen molar-refractivity contribution in [2.75, 3.05) is 33.4 Å². The van der Waals surface area contributed by atoms with Crippen LogP contribution in [0.5, 0.6) is 0 Å². The number of nitrogens with zero attached hydrogens (tertiary/aromatic N) is 4. The molecule has 1 aliphatic rings. The standard InChI is InChI=1S/C28H36N4O2S/c1-22-30-26(21-35-22)18-28(33)31-13-10-25(11-14-31)27(17-23-7-4-3-5-8-23)32(15-16-34-2)20-24-9-6-12-29-19-24/h3-9,12,19,21,25,27H,10-11,13-18,20H2,1-2H3. The van der Waals surface area contributed by atoms with Crippen molar-refractivity contribution in [2.24, 2.45) is 5.92 Å². The number of methoxy groups -OCH3 is 1. The molecular weight excluding hydrogens is 456 g/mol. The van der Waals surface area contributed by atoms with Gasteiger partial charge in [-0.3, -0.25) is 14.7 Å². The zero-order valence-corrected chi connectivity index (χ0v) is 21.6. The number of hydrogen-bond acceptors (Lipinski definition) is 6. The van der Waals surface area contributed by atoms with E-state index in [-0.39, 0.29) is 5.91 Å². The number of rotatable bonds is 11. The number of piperidine rings is 1. The van der Waals surface area contributed by atoms with Crippen LogP contribution < -0.4 is 0 Å². The fraction of sp³-hybridized carbons (Fsp3) is 0.464. The first-order valence-corrected chi connectivity index (χ1v) is 13.3. The second-order valence-corrected chi connectivity index (χ2v) is 10.4. The molecule has 6 nitrogen and oxygen atoms in total. The van der Waals surface area contributed by atoms with Crippen LogP contribution in [0, 0.1) is 12.8 Å². The van der Waals surface area contributed by atoms with Crippen LogP contribution in [0.25, 0.3) is 0 Å². The van der Waals surface area contributed by atoms with E-state index in [1.807, 2.05) is 35.7 Å². The number of aryl methyl sites for hydroxylation is 1. The van der Waals surface area contributed by atoms with Crippen molar-refractivity contribution in [1.82, 2.24) is 19.8 Å². The number of amides is 1. The molecule has 2 aromatic heterocycles. The molecule has 1 amide bonds. The van der Waals surface area contributed by atoms with E-state index in [9.17, 15) is 4.79 Å². The molecular formula is C28H36N4O2S. The molecule has 3 aromatic rings. The van der Waals surface area contributed by atoms with Crippen LogP contribution in [-0.4, -0.2) is 65.1 Å². The third-order valence-electron chi connectivity index (χ3n) is 6.88. The van der Waals surface area contributed by atoms with Gasteiger partial charge in [-0.2, -0.15) is 0 Å². The number of pyridine rings is 1. The maximum atomic E-state index is 12.9. The summed E-state index contributed by atoms with van der Waals surface area (Å²) in [6.45, 7) is 6.00. The van der Waals surface area contributed by atoms with Crippen LogP contribution in [0.15, 0.2) is 60.2 Å². The van der Waals surface area contributed by atoms with Crippen molar-refractivity contribution in [1.29, 1.82) is 0 Å². The highest BCUT2D eigenvalue weighted by atomic mass is 32.1. The molecule has 0 bridgehead atoms. The Morgan fingerprint density at radius 1 is 1.17 bits per heavy atom. The van der Waals surface area contributed by atoms with Crippen molar-refractivity contribution in [3.05, 3.63) is 82.1 Å². The molecule has 0 radical (unpaired) electrons. The van der Waals surface area contributed by atoms with E-state index in [0.717, 1.165) is 56.1 Å². The van der Waals surface area contributed by atoms with E-state index in [2.05, 4.69) is 51.3 Å². The van der Waals surface area contributed by atoms with Crippen LogP contribution in [0.1, 0.15) is 34.7 Å². The number of carbonyl (C=O) groups excluding carboxylic acids is 1. The van der Waals surface area contributed by atoms with Gasteiger partial charge in [-0.15, -0.1) is 11.3 Å². The molecule has 35 heavy (non-hydrogen) atoms. The number of carbonyl (C=O) groups is 1. The van der Waals surface area contributed by atoms with Crippen molar-refractivity contribution < 1.29 is 9.53 Å². The number of thiazole rings is 1. The Kier molecular flexibility index (Phi) is 9.40. The first-order chi connectivity index (χ1) is 17.1. The Bertz CT molecular complexity index is 1040. The van der Waals surface area contributed by atoms with Crippen LogP contribution >= 0.6 is 11.3 Å². The summed E-state index contributed by atoms with van der Waals surface area (Å²) in [7, 11) is 1.77. The topological polar surface area (TPSA) is 58.6 Å². The Hall–Kier alpha value is -2.61. The molecule has 1 aromatic carbocycles. The van der Waals surface area contributed by atoms with Gasteiger partial charge in [-0.25, -0.2) is 4.98 Å². The smallest absolute Gasteiger partial charge is 0.228 e. The zero-order valence-electron chi connectivity index (χ0n) is 20.8. The summed E-state index contributed by atoms with van der Waals surface area (Å²) < 4.78 is 5.49. The van der Waals surface area contributed by atoms with Crippen LogP contribution in [0.3, 0.4) is 0 Å². The van der Waals surface area contributed by atoms with Gasteiger partial charge in [0.1, 0.15) is 0 Å². The van der Waals surface area contributed by atoms with Crippen molar-refractivity contribution >= 4 is 17.2 Å². The summed E-state index contributed by atoms with van der Waals surface area (Å²) in [5.74, 6) is 0.703. The molecule has 0 spiro atoms. The Balaban J connectivity index is 1.46. The predicted molar refractivity (Wildman–Crippen MR) is 140 cm³/mol. The molecule has 186 valence electrons. The lowest BCUT2D eigenvalue weighted by atomic mass is 9.84. The first-order valence-electron chi connectivity index (χ1n) is 12.5. The van der Waals surface area contributed by atoms with Gasteiger partial charge >= 0.3 is 0 Å². The van der Waals surface area contributed by atoms with E-state index >= 15 is 0 Å². The summed E-state index contributed by atoms with van der Waals surface area (Å²) in [5, 5.41) is 3.02. The lowest BCUT2D eigenvalue weighted by molar-refractivity contribution is -0.132. The molecule has 1 aliphatic heterocycles. The molecule has 0 aliphatic carbocycles. The van der Waals surface area contributed by atoms with Crippen LogP contribution in [0.2, 0.25) is 0 Å². The van der Waals surface area contributed by atoms with Gasteiger partial charge in [0, 0.05) is 57.1 Å². The van der Waals surface area contributed by atoms with Gasteiger partial charge in [-0.05, 0) is 49.3 Å². The minimum atomic E-state index is 0.194. The predicted octanol–water partition coefficient (Wildman–Crippen LogP) is 4.39. The Morgan fingerprint density at radius 2 is 1.94 bits per heavy atom. The minimum absolute atomic E-state index is 0.194. The van der Waals surface area contributed by atoms with Gasteiger partial charge in [0.25, 0.3) is 0 Å². The number of benzene rings is 1. The van der Waals surface area contributed by atoms with Gasteiger partial charge in [0.15, 0.2) is 0 Å². The Labute approximate surface area is 213 Å². The average Bonchev–Trinajstić information content (AvgIpc) is 3.31. The normalized spacial score (nSPS) is 15.5. The van der Waals surface area contributed by atoms with Gasteiger partial charge in [0.05, 0.1) is 23.7 Å². The van der Waals surface area contributed by atoms with Crippen LogP contribution in [0.4, 0.5) is 0 Å². The summed E-state index contributed by atoms with van der Waals surface area (Å²) in [4.78, 5) is 26.3. The number of hydrogen-bond donors (Lipinski definition) is 0. The van der Waals surface area contributed by atoms with E-state index in [0.29, 0.717) is 25.0 Å². The first kappa shape index (κ1) is 25.5. The molecule has 1 saturated heterocycles. The molecule has 1 fully saturated rings. The van der Waals surface area contributed by atoms with Crippen molar-refractivity contribution in [2.45, 2.75) is 45.2 Å². The molecule has 7 heteroatoms. The largest absolute Gasteiger partial charge is 0.383 e. The summed E-state index contributed by atoms with van der Waals surface area (Å²) in [5.41, 5.74) is 3.46. The SMILES string of the molecule is COCCN(Cc1cccnc1)C(Cc1ccccc1)C1CCN(C(=O)Cc2csc(C)n2)CC1.